The van der Waals surface area contributed by atoms with Crippen molar-refractivity contribution in [3.05, 3.63) is 83.9 Å². The second kappa shape index (κ2) is 39.9. The highest BCUT2D eigenvalue weighted by atomic mass is 16.5. The van der Waals surface area contributed by atoms with Crippen molar-refractivity contribution in [2.75, 3.05) is 13.2 Å². The number of carbonyl (C=O) groups is 2. The summed E-state index contributed by atoms with van der Waals surface area (Å²) in [5.41, 5.74) is 7.14. The third-order valence-corrected chi connectivity index (χ3v) is 12.7. The van der Waals surface area contributed by atoms with E-state index in [-0.39, 0.29) is 0 Å². The molecule has 0 fully saturated rings. The number of ether oxygens (including phenoxy) is 2. The summed E-state index contributed by atoms with van der Waals surface area (Å²) in [5.74, 6) is 0.748. The number of nitrogens with one attached hydrogen (secondary N) is 2. The first-order valence-corrected chi connectivity index (χ1v) is 27.2. The molecule has 0 heterocycles. The Balaban J connectivity index is 1.15. The second-order valence-corrected chi connectivity index (χ2v) is 18.7. The number of azo groups is 1. The van der Waals surface area contributed by atoms with E-state index in [0.29, 0.717) is 23.4 Å². The largest absolute Gasteiger partial charge is 0.494 e. The Kier molecular flexibility index (Phi) is 33.9. The van der Waals surface area contributed by atoms with E-state index in [1.54, 1.807) is 48.5 Å². The number of benzene rings is 3. The highest BCUT2D eigenvalue weighted by Crippen LogP contribution is 2.23. The van der Waals surface area contributed by atoms with E-state index in [0.717, 1.165) is 36.6 Å². The molecular weight excluding hydrogens is 817 g/mol. The van der Waals surface area contributed by atoms with Crippen LogP contribution in [0.25, 0.3) is 0 Å². The maximum absolute atomic E-state index is 12.7. The fourth-order valence-corrected chi connectivity index (χ4v) is 8.40. The molecule has 3 rings (SSSR count). The lowest BCUT2D eigenvalue weighted by Crippen LogP contribution is -2.41. The minimum Gasteiger partial charge on any atom is -0.494 e. The predicted molar refractivity (Wildman–Crippen MR) is 278 cm³/mol. The fourth-order valence-electron chi connectivity index (χ4n) is 8.40. The zero-order valence-electron chi connectivity index (χ0n) is 41.9. The highest BCUT2D eigenvalue weighted by Gasteiger charge is 2.10. The van der Waals surface area contributed by atoms with Crippen molar-refractivity contribution in [3.8, 4) is 11.5 Å². The Morgan fingerprint density at radius 3 is 0.848 bits per heavy atom. The fraction of sp³-hybridized carbons (Fsp3) is 0.655. The van der Waals surface area contributed by atoms with Gasteiger partial charge in [0.2, 0.25) is 0 Å². The van der Waals surface area contributed by atoms with Crippen LogP contribution in [0.4, 0.5) is 11.4 Å². The van der Waals surface area contributed by atoms with Crippen LogP contribution < -0.4 is 20.3 Å². The Morgan fingerprint density at radius 1 is 0.333 bits per heavy atom. The summed E-state index contributed by atoms with van der Waals surface area (Å²) in [5, 5.41) is 8.65. The molecule has 0 aliphatic carbocycles. The number of carbonyl (C=O) groups excluding carboxylic acids is 2. The Morgan fingerprint density at radius 2 is 0.561 bits per heavy atom. The molecule has 0 saturated carbocycles. The lowest BCUT2D eigenvalue weighted by atomic mass is 10.0. The smallest absolute Gasteiger partial charge is 0.269 e. The molecule has 0 saturated heterocycles. The van der Waals surface area contributed by atoms with Gasteiger partial charge in [-0.15, -0.1) is 0 Å². The number of hydrogen-bond donors (Lipinski definition) is 2. The molecule has 0 aliphatic heterocycles. The van der Waals surface area contributed by atoms with Gasteiger partial charge in [-0.05, 0) is 85.6 Å². The van der Waals surface area contributed by atoms with E-state index in [1.807, 2.05) is 24.3 Å². The van der Waals surface area contributed by atoms with Crippen molar-refractivity contribution >= 4 is 23.2 Å². The van der Waals surface area contributed by atoms with Crippen molar-refractivity contribution < 1.29 is 19.1 Å². The molecule has 2 amide bonds. The summed E-state index contributed by atoms with van der Waals surface area (Å²) in [4.78, 5) is 25.4. The van der Waals surface area contributed by atoms with Crippen molar-refractivity contribution in [1.82, 2.24) is 10.9 Å². The van der Waals surface area contributed by atoms with Gasteiger partial charge in [0.25, 0.3) is 11.8 Å². The van der Waals surface area contributed by atoms with Crippen LogP contribution in [-0.4, -0.2) is 25.0 Å². The average Bonchev–Trinajstić information content (AvgIpc) is 3.34. The monoisotopic (exact) mass is 909 g/mol. The van der Waals surface area contributed by atoms with Gasteiger partial charge in [-0.3, -0.25) is 20.4 Å². The van der Waals surface area contributed by atoms with Gasteiger partial charge in [-0.2, -0.15) is 10.2 Å². The molecule has 8 nitrogen and oxygen atoms in total. The molecular formula is C58H92N4O4. The third kappa shape index (κ3) is 29.4. The van der Waals surface area contributed by atoms with E-state index >= 15 is 0 Å². The number of hydrogen-bond acceptors (Lipinski definition) is 6. The molecule has 66 heavy (non-hydrogen) atoms. The molecule has 0 aliphatic rings. The molecule has 0 spiro atoms. The molecule has 0 bridgehead atoms. The molecule has 0 unspecified atom stereocenters. The van der Waals surface area contributed by atoms with Crippen molar-refractivity contribution in [2.45, 2.75) is 232 Å². The van der Waals surface area contributed by atoms with Crippen molar-refractivity contribution in [2.24, 2.45) is 10.2 Å². The van der Waals surface area contributed by atoms with Gasteiger partial charge in [0.05, 0.1) is 24.6 Å². The lowest BCUT2D eigenvalue weighted by Gasteiger charge is -2.09. The molecule has 368 valence electrons. The van der Waals surface area contributed by atoms with E-state index in [9.17, 15) is 9.59 Å². The predicted octanol–water partition coefficient (Wildman–Crippen LogP) is 18.2. The normalized spacial score (nSPS) is 11.3. The van der Waals surface area contributed by atoms with E-state index in [4.69, 9.17) is 9.47 Å². The third-order valence-electron chi connectivity index (χ3n) is 12.7. The van der Waals surface area contributed by atoms with Gasteiger partial charge in [0.15, 0.2) is 0 Å². The van der Waals surface area contributed by atoms with Gasteiger partial charge in [0.1, 0.15) is 11.5 Å². The standard InChI is InChI=1S/C58H92N4O4/c1-3-5-7-9-11-13-15-17-19-21-23-25-27-29-31-33-35-49-65-55-45-39-52(40-46-55)58(64)62-61-57(63)51-37-41-53(42-38-51)59-60-54-43-47-56(48-44-54)66-50-36-34-32-30-28-26-24-22-20-18-16-14-12-10-8-6-4-2/h37-48H,3-36,49-50H2,1-2H3,(H,61,63)(H,62,64). The van der Waals surface area contributed by atoms with Crippen LogP contribution in [-0.2, 0) is 0 Å². The molecule has 0 atom stereocenters. The van der Waals surface area contributed by atoms with Crippen molar-refractivity contribution in [1.29, 1.82) is 0 Å². The summed E-state index contributed by atoms with van der Waals surface area (Å²) in [6.45, 7) is 5.97. The minimum atomic E-state index is -0.425. The van der Waals surface area contributed by atoms with Crippen LogP contribution in [0.15, 0.2) is 83.0 Å². The highest BCUT2D eigenvalue weighted by molar-refractivity contribution is 5.99. The maximum atomic E-state index is 12.7. The zero-order valence-corrected chi connectivity index (χ0v) is 41.9. The summed E-state index contributed by atoms with van der Waals surface area (Å²) in [6.07, 6.45) is 46.2. The van der Waals surface area contributed by atoms with E-state index in [1.165, 1.54) is 205 Å². The van der Waals surface area contributed by atoms with Crippen molar-refractivity contribution in [3.63, 3.8) is 0 Å². The molecule has 0 radical (unpaired) electrons. The van der Waals surface area contributed by atoms with Crippen LogP contribution in [0.2, 0.25) is 0 Å². The van der Waals surface area contributed by atoms with Gasteiger partial charge in [-0.25, -0.2) is 0 Å². The quantitative estimate of drug-likeness (QED) is 0.0336. The van der Waals surface area contributed by atoms with Crippen LogP contribution in [0.1, 0.15) is 253 Å². The summed E-state index contributed by atoms with van der Waals surface area (Å²) in [7, 11) is 0. The summed E-state index contributed by atoms with van der Waals surface area (Å²) < 4.78 is 11.9. The summed E-state index contributed by atoms with van der Waals surface area (Å²) in [6, 6.07) is 21.4. The number of amides is 2. The van der Waals surface area contributed by atoms with Crippen LogP contribution in [0.5, 0.6) is 11.5 Å². The number of unbranched alkanes of at least 4 members (excludes halogenated alkanes) is 32. The van der Waals surface area contributed by atoms with Crippen LogP contribution in [0.3, 0.4) is 0 Å². The van der Waals surface area contributed by atoms with Gasteiger partial charge >= 0.3 is 0 Å². The molecule has 3 aromatic rings. The number of hydrazine groups is 1. The van der Waals surface area contributed by atoms with Crippen LogP contribution in [0, 0.1) is 0 Å². The average molecular weight is 909 g/mol. The first-order chi connectivity index (χ1) is 32.6. The second-order valence-electron chi connectivity index (χ2n) is 18.7. The topological polar surface area (TPSA) is 101 Å². The maximum Gasteiger partial charge on any atom is 0.269 e. The summed E-state index contributed by atoms with van der Waals surface area (Å²) >= 11 is 0. The zero-order chi connectivity index (χ0) is 46.8. The van der Waals surface area contributed by atoms with Gasteiger partial charge in [0, 0.05) is 11.1 Å². The van der Waals surface area contributed by atoms with Gasteiger partial charge < -0.3 is 9.47 Å². The molecule has 8 heteroatoms. The van der Waals surface area contributed by atoms with Crippen LogP contribution >= 0.6 is 0 Å². The van der Waals surface area contributed by atoms with E-state index < -0.39 is 11.8 Å². The number of nitrogens with zero attached hydrogens (tertiary/aromatic N) is 2. The first-order valence-electron chi connectivity index (χ1n) is 27.2. The Hall–Kier alpha value is -4.20. The Bertz CT molecular complexity index is 1630. The lowest BCUT2D eigenvalue weighted by molar-refractivity contribution is 0.0846. The molecule has 0 aromatic heterocycles. The Labute approximate surface area is 402 Å². The molecule has 2 N–H and O–H groups in total. The SMILES string of the molecule is CCCCCCCCCCCCCCCCCCCOc1ccc(N=Nc2ccc(C(=O)NNC(=O)c3ccc(OCCCCCCCCCCCCCCCCCCC)cc3)cc2)cc1. The van der Waals surface area contributed by atoms with E-state index in [2.05, 4.69) is 34.9 Å². The number of rotatable bonds is 42. The first kappa shape index (κ1) is 56.1. The van der Waals surface area contributed by atoms with Gasteiger partial charge in [-0.1, -0.05) is 219 Å². The minimum absolute atomic E-state index is 0.392. The molecule has 3 aromatic carbocycles.